The van der Waals surface area contributed by atoms with E-state index >= 15 is 0 Å². The van der Waals surface area contributed by atoms with Crippen molar-refractivity contribution in [1.29, 1.82) is 0 Å². The van der Waals surface area contributed by atoms with E-state index in [0.717, 1.165) is 12.3 Å². The Balaban J connectivity index is 1.49. The molecule has 0 saturated heterocycles. The number of aromatic nitrogens is 1. The van der Waals surface area contributed by atoms with Crippen LogP contribution in [0.2, 0.25) is 10.0 Å². The molecule has 0 spiro atoms. The quantitative estimate of drug-likeness (QED) is 0.792. The first-order chi connectivity index (χ1) is 11.4. The van der Waals surface area contributed by atoms with Gasteiger partial charge in [0.05, 0.1) is 10.0 Å². The van der Waals surface area contributed by atoms with Crippen LogP contribution in [0, 0.1) is 17.8 Å². The third-order valence-corrected chi connectivity index (χ3v) is 5.54. The first-order valence-electron chi connectivity index (χ1n) is 8.23. The second-order valence-electron chi connectivity index (χ2n) is 6.74. The first-order valence-corrected chi connectivity index (χ1v) is 8.99. The zero-order chi connectivity index (χ0) is 17.3. The predicted molar refractivity (Wildman–Crippen MR) is 92.0 cm³/mol. The van der Waals surface area contributed by atoms with Crippen molar-refractivity contribution in [2.75, 3.05) is 5.32 Å². The van der Waals surface area contributed by atoms with E-state index in [-0.39, 0.29) is 16.8 Å². The fraction of sp³-hybridized carbons (Fsp3) is 0.588. The number of fused-ring (bicyclic) bond motifs is 2. The van der Waals surface area contributed by atoms with Crippen molar-refractivity contribution in [3.8, 4) is 0 Å². The van der Waals surface area contributed by atoms with Crippen molar-refractivity contribution >= 4 is 40.9 Å². The maximum absolute atomic E-state index is 12.1. The smallest absolute Gasteiger partial charge is 0.306 e. The van der Waals surface area contributed by atoms with Crippen LogP contribution in [0.3, 0.4) is 0 Å². The number of hydrogen-bond donors (Lipinski definition) is 1. The van der Waals surface area contributed by atoms with Gasteiger partial charge in [-0.15, -0.1) is 0 Å². The fourth-order valence-corrected chi connectivity index (χ4v) is 4.29. The topological polar surface area (TPSA) is 68.3 Å². The van der Waals surface area contributed by atoms with Gasteiger partial charge in [0.1, 0.15) is 0 Å². The third kappa shape index (κ3) is 4.01. The molecule has 2 bridgehead atoms. The average molecular weight is 371 g/mol. The van der Waals surface area contributed by atoms with Gasteiger partial charge < -0.3 is 10.1 Å². The number of hydrogen-bond acceptors (Lipinski definition) is 4. The molecule has 1 aromatic rings. The van der Waals surface area contributed by atoms with Crippen molar-refractivity contribution in [3.63, 3.8) is 0 Å². The van der Waals surface area contributed by atoms with Gasteiger partial charge in [0.25, 0.3) is 5.91 Å². The van der Waals surface area contributed by atoms with Crippen LogP contribution in [0.15, 0.2) is 12.3 Å². The molecular weight excluding hydrogens is 351 g/mol. The van der Waals surface area contributed by atoms with Gasteiger partial charge in [-0.1, -0.05) is 29.6 Å². The minimum Gasteiger partial charge on any atom is -0.453 e. The summed E-state index contributed by atoms with van der Waals surface area (Å²) in [6.07, 6.45) is 5.76. The summed E-state index contributed by atoms with van der Waals surface area (Å²) in [5, 5.41) is 3.16. The second-order valence-corrected chi connectivity index (χ2v) is 7.59. The zero-order valence-corrected chi connectivity index (χ0v) is 14.9. The number of carbonyl (C=O) groups is 2. The van der Waals surface area contributed by atoms with E-state index in [4.69, 9.17) is 27.9 Å². The number of nitrogens with zero attached hydrogens (tertiary/aromatic N) is 1. The Hall–Kier alpha value is -1.33. The molecule has 1 heterocycles. The largest absolute Gasteiger partial charge is 0.453 e. The number of rotatable bonds is 5. The van der Waals surface area contributed by atoms with Gasteiger partial charge in [0.2, 0.25) is 0 Å². The van der Waals surface area contributed by atoms with E-state index in [1.165, 1.54) is 38.4 Å². The van der Waals surface area contributed by atoms with Crippen LogP contribution in [0.1, 0.15) is 39.0 Å². The normalized spacial score (nSPS) is 26.2. The average Bonchev–Trinajstić information content (AvgIpc) is 3.12. The molecule has 24 heavy (non-hydrogen) atoms. The second kappa shape index (κ2) is 7.28. The van der Waals surface area contributed by atoms with Gasteiger partial charge in [-0.05, 0) is 50.0 Å². The summed E-state index contributed by atoms with van der Waals surface area (Å²) >= 11 is 11.7. The van der Waals surface area contributed by atoms with Gasteiger partial charge in [-0.3, -0.25) is 9.59 Å². The number of halogens is 2. The SMILES string of the molecule is CC(OC(=O)CC1CC2CCC1C2)C(=O)Nc1ncc(Cl)cc1Cl. The summed E-state index contributed by atoms with van der Waals surface area (Å²) in [6.45, 7) is 1.54. The molecule has 4 unspecified atom stereocenters. The van der Waals surface area contributed by atoms with Crippen LogP contribution in [0.4, 0.5) is 5.82 Å². The van der Waals surface area contributed by atoms with Crippen LogP contribution >= 0.6 is 23.2 Å². The highest BCUT2D eigenvalue weighted by Gasteiger charge is 2.40. The molecule has 130 valence electrons. The maximum Gasteiger partial charge on any atom is 0.306 e. The van der Waals surface area contributed by atoms with Crippen LogP contribution in [0.5, 0.6) is 0 Å². The van der Waals surface area contributed by atoms with Crippen molar-refractivity contribution in [3.05, 3.63) is 22.3 Å². The van der Waals surface area contributed by atoms with Crippen LogP contribution in [0.25, 0.3) is 0 Å². The molecule has 0 aromatic carbocycles. The Morgan fingerprint density at radius 1 is 1.38 bits per heavy atom. The first kappa shape index (κ1) is 17.5. The number of anilines is 1. The third-order valence-electron chi connectivity index (χ3n) is 5.04. The highest BCUT2D eigenvalue weighted by molar-refractivity contribution is 6.36. The van der Waals surface area contributed by atoms with Crippen molar-refractivity contribution in [1.82, 2.24) is 4.98 Å². The Morgan fingerprint density at radius 3 is 2.79 bits per heavy atom. The lowest BCUT2D eigenvalue weighted by atomic mass is 9.86. The minimum atomic E-state index is -0.898. The lowest BCUT2D eigenvalue weighted by Crippen LogP contribution is -2.31. The lowest BCUT2D eigenvalue weighted by molar-refractivity contribution is -0.154. The van der Waals surface area contributed by atoms with E-state index < -0.39 is 12.0 Å². The summed E-state index contributed by atoms with van der Waals surface area (Å²) in [7, 11) is 0. The Bertz CT molecular complexity index is 653. The summed E-state index contributed by atoms with van der Waals surface area (Å²) < 4.78 is 5.27. The van der Waals surface area contributed by atoms with Gasteiger partial charge in [-0.2, -0.15) is 0 Å². The molecule has 1 aromatic heterocycles. The molecule has 3 rings (SSSR count). The molecule has 7 heteroatoms. The number of nitrogens with one attached hydrogen (secondary N) is 1. The Labute approximate surface area is 151 Å². The number of amides is 1. The highest BCUT2D eigenvalue weighted by Crippen LogP contribution is 2.49. The fourth-order valence-electron chi connectivity index (χ4n) is 3.86. The van der Waals surface area contributed by atoms with Crippen LogP contribution in [-0.4, -0.2) is 23.0 Å². The standard InChI is InChI=1S/C17H20Cl2N2O3/c1-9(17(23)21-16-14(19)7-13(18)8-20-16)24-15(22)6-12-5-10-2-3-11(12)4-10/h7-12H,2-6H2,1H3,(H,20,21,23). The molecule has 2 saturated carbocycles. The maximum atomic E-state index is 12.1. The van der Waals surface area contributed by atoms with E-state index in [9.17, 15) is 9.59 Å². The lowest BCUT2D eigenvalue weighted by Gasteiger charge is -2.21. The van der Waals surface area contributed by atoms with Gasteiger partial charge in [-0.25, -0.2) is 4.98 Å². The number of carbonyl (C=O) groups excluding carboxylic acids is 2. The molecule has 2 aliphatic carbocycles. The van der Waals surface area contributed by atoms with Crippen LogP contribution in [-0.2, 0) is 14.3 Å². The van der Waals surface area contributed by atoms with E-state index in [1.807, 2.05) is 0 Å². The number of ether oxygens (including phenoxy) is 1. The zero-order valence-electron chi connectivity index (χ0n) is 13.4. The molecular formula is C17H20Cl2N2O3. The molecule has 0 aliphatic heterocycles. The van der Waals surface area contributed by atoms with Crippen LogP contribution < -0.4 is 5.32 Å². The Kier molecular flexibility index (Phi) is 5.30. The van der Waals surface area contributed by atoms with Crippen molar-refractivity contribution in [2.24, 2.45) is 17.8 Å². The van der Waals surface area contributed by atoms with Gasteiger partial charge in [0, 0.05) is 12.6 Å². The van der Waals surface area contributed by atoms with E-state index in [1.54, 1.807) is 0 Å². The van der Waals surface area contributed by atoms with E-state index in [2.05, 4.69) is 10.3 Å². The monoisotopic (exact) mass is 370 g/mol. The Morgan fingerprint density at radius 2 is 2.17 bits per heavy atom. The number of esters is 1. The van der Waals surface area contributed by atoms with E-state index in [0.29, 0.717) is 23.3 Å². The summed E-state index contributed by atoms with van der Waals surface area (Å²) in [5.74, 6) is 1.27. The van der Waals surface area contributed by atoms with Gasteiger partial charge >= 0.3 is 5.97 Å². The highest BCUT2D eigenvalue weighted by atomic mass is 35.5. The molecule has 5 nitrogen and oxygen atoms in total. The summed E-state index contributed by atoms with van der Waals surface area (Å²) in [4.78, 5) is 28.2. The minimum absolute atomic E-state index is 0.196. The summed E-state index contributed by atoms with van der Waals surface area (Å²) in [6, 6.07) is 1.48. The molecule has 2 fully saturated rings. The van der Waals surface area contributed by atoms with Crippen molar-refractivity contribution < 1.29 is 14.3 Å². The van der Waals surface area contributed by atoms with Gasteiger partial charge in [0.15, 0.2) is 11.9 Å². The molecule has 1 amide bonds. The molecule has 0 radical (unpaired) electrons. The number of pyridine rings is 1. The molecule has 2 aliphatic rings. The molecule has 1 N–H and O–H groups in total. The van der Waals surface area contributed by atoms with Crippen molar-refractivity contribution in [2.45, 2.75) is 45.1 Å². The molecule has 4 atom stereocenters. The predicted octanol–water partition coefficient (Wildman–Crippen LogP) is 4.08. The summed E-state index contributed by atoms with van der Waals surface area (Å²) in [5.41, 5.74) is 0.